The summed E-state index contributed by atoms with van der Waals surface area (Å²) in [5.74, 6) is -0.309. The Morgan fingerprint density at radius 3 is 2.43 bits per heavy atom. The lowest BCUT2D eigenvalue weighted by Crippen LogP contribution is -2.51. The molecule has 0 unspecified atom stereocenters. The van der Waals surface area contributed by atoms with E-state index in [-0.39, 0.29) is 17.9 Å². The van der Waals surface area contributed by atoms with Gasteiger partial charge in [0.15, 0.2) is 0 Å². The number of rotatable bonds is 3. The van der Waals surface area contributed by atoms with E-state index in [0.717, 1.165) is 6.42 Å². The minimum atomic E-state index is -1.03. The predicted molar refractivity (Wildman–Crippen MR) is 82.6 cm³/mol. The Balaban J connectivity index is 2.12. The van der Waals surface area contributed by atoms with Crippen molar-refractivity contribution in [1.29, 1.82) is 0 Å². The standard InChI is InChI=1S/C17H24N2O2/c1-12(2)18-15(20)17(3,4)16(21)19-10-9-13-7-5-6-8-14(13)11-19/h5-8,12H,9-11H2,1-4H3,(H,18,20). The quantitative estimate of drug-likeness (QED) is 0.866. The fourth-order valence-corrected chi connectivity index (χ4v) is 2.60. The average molecular weight is 288 g/mol. The minimum absolute atomic E-state index is 0.0339. The zero-order valence-electron chi connectivity index (χ0n) is 13.3. The molecule has 4 nitrogen and oxygen atoms in total. The van der Waals surface area contributed by atoms with E-state index in [1.54, 1.807) is 18.7 Å². The lowest BCUT2D eigenvalue weighted by Gasteiger charge is -2.34. The number of hydrogen-bond donors (Lipinski definition) is 1. The Bertz CT molecular complexity index is 549. The van der Waals surface area contributed by atoms with Gasteiger partial charge in [-0.15, -0.1) is 0 Å². The van der Waals surface area contributed by atoms with Crippen molar-refractivity contribution < 1.29 is 9.59 Å². The molecular weight excluding hydrogens is 264 g/mol. The maximum atomic E-state index is 12.7. The van der Waals surface area contributed by atoms with E-state index in [2.05, 4.69) is 17.4 Å². The first-order valence-corrected chi connectivity index (χ1v) is 7.49. The van der Waals surface area contributed by atoms with Gasteiger partial charge < -0.3 is 10.2 Å². The summed E-state index contributed by atoms with van der Waals surface area (Å²) in [7, 11) is 0. The first kappa shape index (κ1) is 15.5. The molecule has 0 bridgehead atoms. The van der Waals surface area contributed by atoms with Gasteiger partial charge in [0.1, 0.15) is 5.41 Å². The molecule has 1 N–H and O–H groups in total. The van der Waals surface area contributed by atoms with Gasteiger partial charge in [0.05, 0.1) is 0 Å². The van der Waals surface area contributed by atoms with Crippen LogP contribution in [-0.2, 0) is 22.6 Å². The molecule has 2 amide bonds. The van der Waals surface area contributed by atoms with Crippen LogP contribution < -0.4 is 5.32 Å². The fourth-order valence-electron chi connectivity index (χ4n) is 2.60. The van der Waals surface area contributed by atoms with Gasteiger partial charge in [-0.2, -0.15) is 0 Å². The van der Waals surface area contributed by atoms with Crippen molar-refractivity contribution in [3.63, 3.8) is 0 Å². The number of carbonyl (C=O) groups is 2. The fraction of sp³-hybridized carbons (Fsp3) is 0.529. The number of nitrogens with zero attached hydrogens (tertiary/aromatic N) is 1. The molecule has 0 radical (unpaired) electrons. The third-order valence-corrected chi connectivity index (χ3v) is 3.94. The van der Waals surface area contributed by atoms with E-state index < -0.39 is 5.41 Å². The maximum absolute atomic E-state index is 12.7. The van der Waals surface area contributed by atoms with Crippen molar-refractivity contribution in [2.75, 3.05) is 6.54 Å². The summed E-state index contributed by atoms with van der Waals surface area (Å²) in [5, 5.41) is 2.84. The summed E-state index contributed by atoms with van der Waals surface area (Å²) in [6.45, 7) is 8.47. The van der Waals surface area contributed by atoms with E-state index in [4.69, 9.17) is 0 Å². The molecule has 0 saturated carbocycles. The number of benzene rings is 1. The number of nitrogens with one attached hydrogen (secondary N) is 1. The second-order valence-corrected chi connectivity index (χ2v) is 6.50. The molecule has 0 fully saturated rings. The topological polar surface area (TPSA) is 49.4 Å². The molecule has 4 heteroatoms. The highest BCUT2D eigenvalue weighted by Crippen LogP contribution is 2.25. The molecule has 0 atom stereocenters. The molecule has 1 aliphatic heterocycles. The maximum Gasteiger partial charge on any atom is 0.238 e. The van der Waals surface area contributed by atoms with Crippen molar-refractivity contribution in [3.8, 4) is 0 Å². The molecule has 0 aromatic heterocycles. The summed E-state index contributed by atoms with van der Waals surface area (Å²) in [4.78, 5) is 26.8. The van der Waals surface area contributed by atoms with Gasteiger partial charge in [0.2, 0.25) is 11.8 Å². The van der Waals surface area contributed by atoms with Gasteiger partial charge in [-0.1, -0.05) is 24.3 Å². The molecule has 0 saturated heterocycles. The second-order valence-electron chi connectivity index (χ2n) is 6.50. The number of amides is 2. The van der Waals surface area contributed by atoms with Gasteiger partial charge >= 0.3 is 0 Å². The van der Waals surface area contributed by atoms with Crippen molar-refractivity contribution >= 4 is 11.8 Å². The molecule has 21 heavy (non-hydrogen) atoms. The number of carbonyl (C=O) groups excluding carboxylic acids is 2. The Morgan fingerprint density at radius 1 is 1.19 bits per heavy atom. The summed E-state index contributed by atoms with van der Waals surface area (Å²) >= 11 is 0. The molecule has 0 spiro atoms. The van der Waals surface area contributed by atoms with Crippen LogP contribution in [0.2, 0.25) is 0 Å². The predicted octanol–water partition coefficient (Wildman–Crippen LogP) is 2.12. The largest absolute Gasteiger partial charge is 0.353 e. The van der Waals surface area contributed by atoms with Crippen LogP contribution >= 0.6 is 0 Å². The van der Waals surface area contributed by atoms with Crippen LogP contribution in [0.5, 0.6) is 0 Å². The van der Waals surface area contributed by atoms with Crippen molar-refractivity contribution in [2.24, 2.45) is 5.41 Å². The highest BCUT2D eigenvalue weighted by Gasteiger charge is 2.40. The van der Waals surface area contributed by atoms with Crippen LogP contribution in [0, 0.1) is 5.41 Å². The van der Waals surface area contributed by atoms with Gasteiger partial charge in [-0.3, -0.25) is 9.59 Å². The normalized spacial score (nSPS) is 14.8. The lowest BCUT2D eigenvalue weighted by atomic mass is 9.88. The van der Waals surface area contributed by atoms with Crippen molar-refractivity contribution in [2.45, 2.75) is 46.7 Å². The first-order chi connectivity index (χ1) is 9.82. The summed E-state index contributed by atoms with van der Waals surface area (Å²) in [6.07, 6.45) is 0.851. The van der Waals surface area contributed by atoms with E-state index in [9.17, 15) is 9.59 Å². The zero-order chi connectivity index (χ0) is 15.6. The number of hydrogen-bond acceptors (Lipinski definition) is 2. The zero-order valence-corrected chi connectivity index (χ0v) is 13.3. The van der Waals surface area contributed by atoms with Crippen molar-refractivity contribution in [3.05, 3.63) is 35.4 Å². The van der Waals surface area contributed by atoms with Gasteiger partial charge in [-0.25, -0.2) is 0 Å². The van der Waals surface area contributed by atoms with E-state index in [1.165, 1.54) is 11.1 Å². The van der Waals surface area contributed by atoms with Gasteiger partial charge in [0.25, 0.3) is 0 Å². The Hall–Kier alpha value is -1.84. The average Bonchev–Trinajstić information content (AvgIpc) is 2.45. The van der Waals surface area contributed by atoms with Crippen LogP contribution in [0.25, 0.3) is 0 Å². The molecule has 1 aliphatic rings. The lowest BCUT2D eigenvalue weighted by molar-refractivity contribution is -0.149. The molecule has 2 rings (SSSR count). The molecule has 114 valence electrons. The molecule has 1 heterocycles. The van der Waals surface area contributed by atoms with E-state index in [0.29, 0.717) is 13.1 Å². The van der Waals surface area contributed by atoms with E-state index >= 15 is 0 Å². The molecular formula is C17H24N2O2. The smallest absolute Gasteiger partial charge is 0.238 e. The third-order valence-electron chi connectivity index (χ3n) is 3.94. The Kier molecular flexibility index (Phi) is 4.35. The van der Waals surface area contributed by atoms with Crippen LogP contribution in [0.15, 0.2) is 24.3 Å². The highest BCUT2D eigenvalue weighted by atomic mass is 16.2. The number of fused-ring (bicyclic) bond motifs is 1. The summed E-state index contributed by atoms with van der Waals surface area (Å²) in [5.41, 5.74) is 1.44. The van der Waals surface area contributed by atoms with Crippen LogP contribution in [0.1, 0.15) is 38.8 Å². The monoisotopic (exact) mass is 288 g/mol. The third kappa shape index (κ3) is 3.26. The Labute approximate surface area is 126 Å². The van der Waals surface area contributed by atoms with Crippen molar-refractivity contribution in [1.82, 2.24) is 10.2 Å². The highest BCUT2D eigenvalue weighted by molar-refractivity contribution is 6.04. The SMILES string of the molecule is CC(C)NC(=O)C(C)(C)C(=O)N1CCc2ccccc2C1. The van der Waals surface area contributed by atoms with E-state index in [1.807, 2.05) is 26.0 Å². The minimum Gasteiger partial charge on any atom is -0.353 e. The summed E-state index contributed by atoms with van der Waals surface area (Å²) in [6, 6.07) is 8.20. The van der Waals surface area contributed by atoms with Crippen LogP contribution in [0.3, 0.4) is 0 Å². The molecule has 1 aromatic rings. The molecule has 1 aromatic carbocycles. The summed E-state index contributed by atoms with van der Waals surface area (Å²) < 4.78 is 0. The van der Waals surface area contributed by atoms with Gasteiger partial charge in [0, 0.05) is 19.1 Å². The van der Waals surface area contributed by atoms with Crippen LogP contribution in [-0.4, -0.2) is 29.3 Å². The Morgan fingerprint density at radius 2 is 1.81 bits per heavy atom. The van der Waals surface area contributed by atoms with Crippen LogP contribution in [0.4, 0.5) is 0 Å². The first-order valence-electron chi connectivity index (χ1n) is 7.49. The molecule has 0 aliphatic carbocycles. The van der Waals surface area contributed by atoms with Gasteiger partial charge in [-0.05, 0) is 45.2 Å². The second kappa shape index (κ2) is 5.88.